The Morgan fingerprint density at radius 3 is 2.55 bits per heavy atom. The fourth-order valence-electron chi connectivity index (χ4n) is 4.32. The van der Waals surface area contributed by atoms with Crippen molar-refractivity contribution in [3.05, 3.63) is 94.9 Å². The molecule has 1 aliphatic rings. The van der Waals surface area contributed by atoms with E-state index >= 15 is 0 Å². The lowest BCUT2D eigenvalue weighted by Crippen LogP contribution is -2.30. The average molecular weight is 607 g/mol. The van der Waals surface area contributed by atoms with Crippen LogP contribution in [-0.2, 0) is 17.1 Å². The number of furan rings is 1. The van der Waals surface area contributed by atoms with Crippen LogP contribution < -0.4 is 4.90 Å². The molecule has 5 aromatic rings. The Balaban J connectivity index is 1.25. The number of nitrogens with zero attached hydrogens (tertiary/aromatic N) is 6. The molecular formula is C28H23ClN6O2S3. The number of amides is 1. The number of carbonyl (C=O) groups excluding carboxylic acids is 1. The molecule has 0 bridgehead atoms. The van der Waals surface area contributed by atoms with Gasteiger partial charge in [-0.05, 0) is 62.4 Å². The second kappa shape index (κ2) is 11.7. The molecule has 0 saturated heterocycles. The first kappa shape index (κ1) is 26.9. The number of para-hydroxylation sites is 1. The van der Waals surface area contributed by atoms with Gasteiger partial charge in [-0.1, -0.05) is 59.0 Å². The van der Waals surface area contributed by atoms with E-state index in [9.17, 15) is 4.79 Å². The van der Waals surface area contributed by atoms with Crippen molar-refractivity contribution in [2.45, 2.75) is 46.2 Å². The number of fused-ring (bicyclic) bond motifs is 2. The van der Waals surface area contributed by atoms with Gasteiger partial charge in [0.25, 0.3) is 0 Å². The van der Waals surface area contributed by atoms with E-state index in [2.05, 4.69) is 20.2 Å². The maximum atomic E-state index is 13.8. The first-order chi connectivity index (χ1) is 19.4. The Bertz CT molecular complexity index is 1670. The average Bonchev–Trinajstić information content (AvgIpc) is 3.59. The third-order valence-electron chi connectivity index (χ3n) is 6.04. The van der Waals surface area contributed by atoms with Gasteiger partial charge < -0.3 is 4.42 Å². The molecule has 0 spiro atoms. The highest BCUT2D eigenvalue weighted by molar-refractivity contribution is 8.00. The number of hydrogen-bond donors (Lipinski definition) is 0. The summed E-state index contributed by atoms with van der Waals surface area (Å²) in [6.45, 7) is 4.35. The molecule has 2 aromatic carbocycles. The summed E-state index contributed by atoms with van der Waals surface area (Å²) in [7, 11) is 0. The van der Waals surface area contributed by atoms with E-state index in [1.807, 2.05) is 79.1 Å². The minimum atomic E-state index is -0.0756. The van der Waals surface area contributed by atoms with Crippen LogP contribution in [0.4, 0.5) is 11.4 Å². The number of aromatic nitrogens is 5. The molecule has 0 N–H and O–H groups in total. The minimum absolute atomic E-state index is 0.0756. The van der Waals surface area contributed by atoms with Crippen molar-refractivity contribution >= 4 is 64.2 Å². The van der Waals surface area contributed by atoms with E-state index in [0.29, 0.717) is 27.6 Å². The van der Waals surface area contributed by atoms with Crippen molar-refractivity contribution in [1.82, 2.24) is 24.7 Å². The molecule has 1 amide bonds. The molecule has 0 aliphatic carbocycles. The number of anilines is 2. The van der Waals surface area contributed by atoms with Crippen LogP contribution in [0.3, 0.4) is 0 Å². The van der Waals surface area contributed by atoms with Crippen LogP contribution in [0.2, 0.25) is 5.02 Å². The van der Waals surface area contributed by atoms with Crippen molar-refractivity contribution in [2.24, 2.45) is 0 Å². The first-order valence-corrected chi connectivity index (χ1v) is 15.5. The Morgan fingerprint density at radius 2 is 1.75 bits per heavy atom. The number of hydrogen-bond acceptors (Lipinski definition) is 9. The van der Waals surface area contributed by atoms with E-state index < -0.39 is 0 Å². The minimum Gasteiger partial charge on any atom is -0.467 e. The molecule has 0 radical (unpaired) electrons. The molecule has 202 valence electrons. The van der Waals surface area contributed by atoms with Gasteiger partial charge in [-0.25, -0.2) is 9.97 Å². The highest BCUT2D eigenvalue weighted by Crippen LogP contribution is 2.49. The molecule has 8 nitrogen and oxygen atoms in total. The highest BCUT2D eigenvalue weighted by atomic mass is 35.5. The van der Waals surface area contributed by atoms with Gasteiger partial charge in [-0.15, -0.1) is 10.2 Å². The van der Waals surface area contributed by atoms with Gasteiger partial charge in [0.05, 0.1) is 35.7 Å². The van der Waals surface area contributed by atoms with Gasteiger partial charge in [0.1, 0.15) is 11.6 Å². The fraction of sp³-hybridized carbons (Fsp3) is 0.179. The summed E-state index contributed by atoms with van der Waals surface area (Å²) in [5, 5.41) is 10.8. The fourth-order valence-corrected chi connectivity index (χ4v) is 7.22. The second-order valence-electron chi connectivity index (χ2n) is 8.99. The summed E-state index contributed by atoms with van der Waals surface area (Å²) >= 11 is 10.8. The summed E-state index contributed by atoms with van der Waals surface area (Å²) in [6, 6.07) is 19.2. The summed E-state index contributed by atoms with van der Waals surface area (Å²) in [6.07, 6.45) is 1.64. The van der Waals surface area contributed by atoms with Crippen molar-refractivity contribution < 1.29 is 9.21 Å². The quantitative estimate of drug-likeness (QED) is 0.134. The number of benzene rings is 2. The zero-order valence-corrected chi connectivity index (χ0v) is 24.8. The second-order valence-corrected chi connectivity index (χ2v) is 12.4. The van der Waals surface area contributed by atoms with E-state index in [4.69, 9.17) is 16.0 Å². The highest BCUT2D eigenvalue weighted by Gasteiger charge is 2.29. The van der Waals surface area contributed by atoms with Gasteiger partial charge in [0, 0.05) is 26.2 Å². The van der Waals surface area contributed by atoms with Crippen LogP contribution >= 0.6 is 46.9 Å². The van der Waals surface area contributed by atoms with Crippen molar-refractivity contribution in [3.63, 3.8) is 0 Å². The molecule has 1 aliphatic heterocycles. The lowest BCUT2D eigenvalue weighted by atomic mass is 10.2. The van der Waals surface area contributed by atoms with E-state index in [1.165, 1.54) is 23.5 Å². The van der Waals surface area contributed by atoms with Gasteiger partial charge in [0.2, 0.25) is 5.91 Å². The van der Waals surface area contributed by atoms with Crippen LogP contribution in [0.1, 0.15) is 23.0 Å². The van der Waals surface area contributed by atoms with Crippen LogP contribution in [0.25, 0.3) is 0 Å². The molecule has 4 heterocycles. The van der Waals surface area contributed by atoms with Crippen molar-refractivity contribution in [3.8, 4) is 0 Å². The standard InChI is InChI=1S/C28H23ClN6O2S3/c1-17-12-18(2)31-27(30-17)38-15-25-32-33-28(34(25)14-20-6-5-11-37-20)39-16-26(36)35-21-7-3-4-8-23(21)40-24-10-9-19(29)13-22(24)35/h3-13H,14-16H2,1-2H3. The molecular weight excluding hydrogens is 584 g/mol. The topological polar surface area (TPSA) is 89.9 Å². The number of aryl methyl sites for hydroxylation is 2. The first-order valence-electron chi connectivity index (χ1n) is 12.4. The third-order valence-corrected chi connectivity index (χ3v) is 9.20. The van der Waals surface area contributed by atoms with Gasteiger partial charge >= 0.3 is 0 Å². The molecule has 6 rings (SSSR count). The Hall–Kier alpha value is -3.25. The van der Waals surface area contributed by atoms with Crippen LogP contribution in [0.15, 0.2) is 91.4 Å². The summed E-state index contributed by atoms with van der Waals surface area (Å²) in [4.78, 5) is 26.6. The number of carbonyl (C=O) groups is 1. The monoisotopic (exact) mass is 606 g/mol. The summed E-state index contributed by atoms with van der Waals surface area (Å²) < 4.78 is 7.60. The Morgan fingerprint density at radius 1 is 0.950 bits per heavy atom. The Labute approximate surface area is 248 Å². The van der Waals surface area contributed by atoms with Crippen LogP contribution in [0.5, 0.6) is 0 Å². The third kappa shape index (κ3) is 5.78. The molecule has 40 heavy (non-hydrogen) atoms. The predicted molar refractivity (Wildman–Crippen MR) is 159 cm³/mol. The van der Waals surface area contributed by atoms with Gasteiger partial charge in [-0.2, -0.15) is 0 Å². The molecule has 12 heteroatoms. The van der Waals surface area contributed by atoms with E-state index in [0.717, 1.165) is 44.1 Å². The number of thioether (sulfide) groups is 2. The SMILES string of the molecule is Cc1cc(C)nc(SCc2nnc(SCC(=O)N3c4ccccc4Sc4ccc(Cl)cc43)n2Cc2ccco2)n1. The van der Waals surface area contributed by atoms with Gasteiger partial charge in [0.15, 0.2) is 10.3 Å². The largest absolute Gasteiger partial charge is 0.467 e. The maximum Gasteiger partial charge on any atom is 0.242 e. The molecule has 0 atom stereocenters. The van der Waals surface area contributed by atoms with Crippen molar-refractivity contribution in [2.75, 3.05) is 10.7 Å². The zero-order chi connectivity index (χ0) is 27.6. The van der Waals surface area contributed by atoms with Crippen LogP contribution in [-0.4, -0.2) is 36.4 Å². The number of rotatable bonds is 8. The van der Waals surface area contributed by atoms with Crippen LogP contribution in [0, 0.1) is 13.8 Å². The lowest BCUT2D eigenvalue weighted by Gasteiger charge is -2.31. The molecule has 0 fully saturated rings. The smallest absolute Gasteiger partial charge is 0.242 e. The van der Waals surface area contributed by atoms with E-state index in [-0.39, 0.29) is 11.7 Å². The van der Waals surface area contributed by atoms with Crippen molar-refractivity contribution in [1.29, 1.82) is 0 Å². The molecule has 3 aromatic heterocycles. The Kier molecular flexibility index (Phi) is 7.88. The predicted octanol–water partition coefficient (Wildman–Crippen LogP) is 7.19. The summed E-state index contributed by atoms with van der Waals surface area (Å²) in [5.74, 6) is 2.12. The summed E-state index contributed by atoms with van der Waals surface area (Å²) in [5.41, 5.74) is 3.46. The normalized spacial score (nSPS) is 12.3. The zero-order valence-electron chi connectivity index (χ0n) is 21.6. The lowest BCUT2D eigenvalue weighted by molar-refractivity contribution is -0.115. The van der Waals surface area contributed by atoms with E-state index in [1.54, 1.807) is 22.9 Å². The molecule has 0 saturated carbocycles. The van der Waals surface area contributed by atoms with Gasteiger partial charge in [-0.3, -0.25) is 14.3 Å². The maximum absolute atomic E-state index is 13.8. The molecule has 0 unspecified atom stereocenters. The number of halogens is 1.